The molecule has 2 nitrogen and oxygen atoms in total. The van der Waals surface area contributed by atoms with Gasteiger partial charge in [-0.1, -0.05) is 6.42 Å². The molecule has 1 aliphatic heterocycles. The molecule has 2 atom stereocenters. The fourth-order valence-electron chi connectivity index (χ4n) is 0.870. The lowest BCUT2D eigenvalue weighted by Gasteiger charge is -2.16. The maximum absolute atomic E-state index is 10.4. The molecule has 1 N–H and O–H groups in total. The van der Waals surface area contributed by atoms with Crippen molar-refractivity contribution in [1.29, 1.82) is 0 Å². The highest BCUT2D eigenvalue weighted by atomic mass is 32.2. The Bertz CT molecular complexity index is 110. The normalized spacial score (nSPS) is 31.9. The standard InChI is InChI=1S/C5H10O2S2/c6-9(7)5-3-1-2-4-8-5/h5H,1-4H2,(H,6,7). The van der Waals surface area contributed by atoms with Crippen LogP contribution in [0.25, 0.3) is 0 Å². The van der Waals surface area contributed by atoms with Crippen molar-refractivity contribution in [3.63, 3.8) is 0 Å². The summed E-state index contributed by atoms with van der Waals surface area (Å²) in [4.78, 5) is 0. The molecular weight excluding hydrogens is 156 g/mol. The van der Waals surface area contributed by atoms with Crippen LogP contribution >= 0.6 is 11.8 Å². The summed E-state index contributed by atoms with van der Waals surface area (Å²) in [5.74, 6) is 1.05. The molecule has 54 valence electrons. The molecule has 0 bridgehead atoms. The van der Waals surface area contributed by atoms with Crippen molar-refractivity contribution in [2.24, 2.45) is 0 Å². The first-order chi connectivity index (χ1) is 4.30. The Balaban J connectivity index is 2.31. The van der Waals surface area contributed by atoms with Gasteiger partial charge in [0.2, 0.25) is 0 Å². The predicted octanol–water partition coefficient (Wildman–Crippen LogP) is 1.45. The van der Waals surface area contributed by atoms with Gasteiger partial charge in [-0.3, -0.25) is 0 Å². The molecule has 1 rings (SSSR count). The zero-order valence-electron chi connectivity index (χ0n) is 5.08. The third-order valence-corrected chi connectivity index (χ3v) is 4.08. The van der Waals surface area contributed by atoms with Crippen molar-refractivity contribution in [3.8, 4) is 0 Å². The molecule has 0 radical (unpaired) electrons. The molecule has 0 spiro atoms. The highest BCUT2D eigenvalue weighted by Crippen LogP contribution is 2.26. The maximum atomic E-state index is 10.4. The van der Waals surface area contributed by atoms with Gasteiger partial charge in [-0.15, -0.1) is 11.8 Å². The third kappa shape index (κ3) is 2.27. The largest absolute Gasteiger partial charge is 0.305 e. The Morgan fingerprint density at radius 1 is 1.56 bits per heavy atom. The van der Waals surface area contributed by atoms with Gasteiger partial charge in [-0.25, -0.2) is 4.21 Å². The van der Waals surface area contributed by atoms with E-state index in [0.29, 0.717) is 0 Å². The summed E-state index contributed by atoms with van der Waals surface area (Å²) >= 11 is 0.0321. The van der Waals surface area contributed by atoms with E-state index >= 15 is 0 Å². The smallest absolute Gasteiger partial charge is 0.166 e. The van der Waals surface area contributed by atoms with E-state index in [9.17, 15) is 4.21 Å². The van der Waals surface area contributed by atoms with Gasteiger partial charge in [0.15, 0.2) is 11.1 Å². The van der Waals surface area contributed by atoms with E-state index in [1.165, 1.54) is 6.42 Å². The SMILES string of the molecule is O=S(O)C1CCCCS1. The topological polar surface area (TPSA) is 37.3 Å². The molecule has 1 aliphatic rings. The number of hydrogen-bond donors (Lipinski definition) is 1. The van der Waals surface area contributed by atoms with E-state index in [1.54, 1.807) is 11.8 Å². The van der Waals surface area contributed by atoms with Gasteiger partial charge < -0.3 is 4.55 Å². The fourth-order valence-corrected chi connectivity index (χ4v) is 2.96. The summed E-state index contributed by atoms with van der Waals surface area (Å²) in [6.45, 7) is 0. The lowest BCUT2D eigenvalue weighted by molar-refractivity contribution is 0.553. The number of hydrogen-bond acceptors (Lipinski definition) is 2. The molecule has 9 heavy (non-hydrogen) atoms. The Morgan fingerprint density at radius 3 is 2.67 bits per heavy atom. The van der Waals surface area contributed by atoms with Gasteiger partial charge in [0.05, 0.1) is 0 Å². The second-order valence-electron chi connectivity index (χ2n) is 2.07. The fraction of sp³-hybridized carbons (Fsp3) is 1.00. The Morgan fingerprint density at radius 2 is 2.33 bits per heavy atom. The molecular formula is C5H10O2S2. The van der Waals surface area contributed by atoms with Crippen LogP contribution in [0.5, 0.6) is 0 Å². The van der Waals surface area contributed by atoms with Gasteiger partial charge in [0, 0.05) is 0 Å². The average Bonchev–Trinajstić information content (AvgIpc) is 1.90. The van der Waals surface area contributed by atoms with Crippen LogP contribution in [-0.4, -0.2) is 19.1 Å². The summed E-state index contributed by atoms with van der Waals surface area (Å²) in [5.41, 5.74) is 0. The van der Waals surface area contributed by atoms with Crippen molar-refractivity contribution < 1.29 is 8.76 Å². The van der Waals surface area contributed by atoms with Crippen LogP contribution in [0.1, 0.15) is 19.3 Å². The molecule has 2 unspecified atom stereocenters. The maximum Gasteiger partial charge on any atom is 0.166 e. The zero-order valence-corrected chi connectivity index (χ0v) is 6.71. The first kappa shape index (κ1) is 7.57. The predicted molar refractivity (Wildman–Crippen MR) is 40.9 cm³/mol. The van der Waals surface area contributed by atoms with Gasteiger partial charge in [-0.05, 0) is 18.6 Å². The molecule has 0 aromatic carbocycles. The van der Waals surface area contributed by atoms with Crippen molar-refractivity contribution in [1.82, 2.24) is 0 Å². The van der Waals surface area contributed by atoms with Crippen LogP contribution in [0.4, 0.5) is 0 Å². The van der Waals surface area contributed by atoms with E-state index in [-0.39, 0.29) is 4.58 Å². The Hall–Kier alpha value is 0.460. The second-order valence-corrected chi connectivity index (χ2v) is 4.80. The summed E-state index contributed by atoms with van der Waals surface area (Å²) in [6, 6.07) is 0. The third-order valence-electron chi connectivity index (χ3n) is 1.36. The quantitative estimate of drug-likeness (QED) is 0.599. The van der Waals surface area contributed by atoms with E-state index in [0.717, 1.165) is 18.6 Å². The molecule has 1 heterocycles. The van der Waals surface area contributed by atoms with Crippen molar-refractivity contribution >= 4 is 22.8 Å². The monoisotopic (exact) mass is 166 g/mol. The lowest BCUT2D eigenvalue weighted by atomic mass is 10.3. The molecule has 0 aliphatic carbocycles. The van der Waals surface area contributed by atoms with Gasteiger partial charge in [-0.2, -0.15) is 0 Å². The minimum Gasteiger partial charge on any atom is -0.305 e. The van der Waals surface area contributed by atoms with E-state index in [2.05, 4.69) is 0 Å². The van der Waals surface area contributed by atoms with Crippen LogP contribution in [0, 0.1) is 0 Å². The van der Waals surface area contributed by atoms with E-state index in [1.807, 2.05) is 0 Å². The second kappa shape index (κ2) is 3.58. The van der Waals surface area contributed by atoms with Gasteiger partial charge >= 0.3 is 0 Å². The van der Waals surface area contributed by atoms with Crippen LogP contribution < -0.4 is 0 Å². The van der Waals surface area contributed by atoms with Crippen molar-refractivity contribution in [2.75, 3.05) is 5.75 Å². The molecule has 0 aromatic heterocycles. The van der Waals surface area contributed by atoms with Gasteiger partial charge in [0.25, 0.3) is 0 Å². The summed E-state index contributed by atoms with van der Waals surface area (Å²) in [5, 5.41) is 0. The molecule has 4 heteroatoms. The number of thioether (sulfide) groups is 1. The summed E-state index contributed by atoms with van der Waals surface area (Å²) in [7, 11) is 0. The molecule has 0 amide bonds. The van der Waals surface area contributed by atoms with E-state index < -0.39 is 11.1 Å². The molecule has 1 saturated heterocycles. The first-order valence-electron chi connectivity index (χ1n) is 3.02. The Kier molecular flexibility index (Phi) is 3.01. The highest BCUT2D eigenvalue weighted by Gasteiger charge is 2.18. The molecule has 0 saturated carbocycles. The van der Waals surface area contributed by atoms with Crippen molar-refractivity contribution in [3.05, 3.63) is 0 Å². The summed E-state index contributed by atoms with van der Waals surface area (Å²) < 4.78 is 19.1. The number of rotatable bonds is 1. The minimum atomic E-state index is -1.59. The summed E-state index contributed by atoms with van der Waals surface area (Å²) in [6.07, 6.45) is 3.23. The lowest BCUT2D eigenvalue weighted by Crippen LogP contribution is -2.14. The van der Waals surface area contributed by atoms with Crippen LogP contribution in [0.2, 0.25) is 0 Å². The van der Waals surface area contributed by atoms with Gasteiger partial charge in [0.1, 0.15) is 4.58 Å². The van der Waals surface area contributed by atoms with Crippen LogP contribution in [0.3, 0.4) is 0 Å². The molecule has 1 fully saturated rings. The Labute approximate surface area is 61.7 Å². The van der Waals surface area contributed by atoms with Crippen molar-refractivity contribution in [2.45, 2.75) is 23.8 Å². The highest BCUT2D eigenvalue weighted by molar-refractivity contribution is 8.09. The zero-order chi connectivity index (χ0) is 6.69. The first-order valence-corrected chi connectivity index (χ1v) is 5.24. The minimum absolute atomic E-state index is 0.00116. The van der Waals surface area contributed by atoms with Crippen LogP contribution in [0.15, 0.2) is 0 Å². The molecule has 0 aromatic rings. The van der Waals surface area contributed by atoms with Crippen LogP contribution in [-0.2, 0) is 11.1 Å². The average molecular weight is 166 g/mol. The van der Waals surface area contributed by atoms with E-state index in [4.69, 9.17) is 4.55 Å².